The second kappa shape index (κ2) is 9.20. The summed E-state index contributed by atoms with van der Waals surface area (Å²) in [6.45, 7) is 12.9. The number of pyridine rings is 2. The lowest BCUT2D eigenvalue weighted by Gasteiger charge is -2.22. The van der Waals surface area contributed by atoms with Gasteiger partial charge in [0, 0.05) is 42.9 Å². The molecule has 9 heteroatoms. The molecule has 0 aromatic carbocycles. The van der Waals surface area contributed by atoms with Crippen molar-refractivity contribution in [2.45, 2.75) is 53.0 Å². The Hall–Kier alpha value is -3.46. The Kier molecular flexibility index (Phi) is 6.20. The van der Waals surface area contributed by atoms with Crippen molar-refractivity contribution in [2.75, 3.05) is 38.8 Å². The Labute approximate surface area is 212 Å². The van der Waals surface area contributed by atoms with Crippen LogP contribution in [0.15, 0.2) is 24.7 Å². The fourth-order valence-corrected chi connectivity index (χ4v) is 5.22. The first-order chi connectivity index (χ1) is 17.2. The van der Waals surface area contributed by atoms with E-state index in [0.717, 1.165) is 52.4 Å². The van der Waals surface area contributed by atoms with E-state index in [-0.39, 0.29) is 17.9 Å². The zero-order valence-electron chi connectivity index (χ0n) is 22.3. The van der Waals surface area contributed by atoms with Crippen molar-refractivity contribution in [2.24, 2.45) is 0 Å². The van der Waals surface area contributed by atoms with E-state index >= 15 is 0 Å². The summed E-state index contributed by atoms with van der Waals surface area (Å²) in [6.07, 6.45) is 4.19. The molecule has 5 rings (SSSR count). The zero-order valence-corrected chi connectivity index (χ0v) is 22.3. The quantitative estimate of drug-likeness (QED) is 0.442. The number of rotatable bonds is 6. The van der Waals surface area contributed by atoms with Gasteiger partial charge in [-0.2, -0.15) is 5.10 Å². The number of H-pyrrole nitrogens is 1. The fourth-order valence-electron chi connectivity index (χ4n) is 5.22. The number of fused-ring (bicyclic) bond motifs is 2. The molecule has 5 heterocycles. The molecular formula is C27H36N8O. The normalized spacial score (nSPS) is 16.4. The van der Waals surface area contributed by atoms with Crippen molar-refractivity contribution in [3.63, 3.8) is 0 Å². The predicted molar refractivity (Wildman–Crippen MR) is 143 cm³/mol. The lowest BCUT2D eigenvalue weighted by atomic mass is 9.95. The highest BCUT2D eigenvalue weighted by Crippen LogP contribution is 2.38. The summed E-state index contributed by atoms with van der Waals surface area (Å²) in [7, 11) is 3.99. The molecule has 0 spiro atoms. The molecule has 0 saturated carbocycles. The molecule has 1 fully saturated rings. The number of aromatic amines is 1. The molecule has 4 aromatic heterocycles. The number of nitrogens with zero attached hydrogens (tertiary/aromatic N) is 7. The smallest absolute Gasteiger partial charge is 0.225 e. The van der Waals surface area contributed by atoms with Gasteiger partial charge < -0.3 is 19.7 Å². The van der Waals surface area contributed by atoms with Gasteiger partial charge in [0.15, 0.2) is 5.65 Å². The van der Waals surface area contributed by atoms with Gasteiger partial charge in [-0.15, -0.1) is 0 Å². The molecule has 9 nitrogen and oxygen atoms in total. The van der Waals surface area contributed by atoms with Gasteiger partial charge in [-0.3, -0.25) is 4.79 Å². The number of hydrogen-bond acceptors (Lipinski definition) is 6. The summed E-state index contributed by atoms with van der Waals surface area (Å²) in [5.41, 5.74) is 8.57. The molecule has 4 aromatic rings. The van der Waals surface area contributed by atoms with Crippen LogP contribution < -0.4 is 4.90 Å². The van der Waals surface area contributed by atoms with Crippen molar-refractivity contribution in [1.29, 1.82) is 0 Å². The third-order valence-corrected chi connectivity index (χ3v) is 7.40. The van der Waals surface area contributed by atoms with Gasteiger partial charge in [0.25, 0.3) is 0 Å². The fraction of sp³-hybridized carbons (Fsp3) is 0.481. The van der Waals surface area contributed by atoms with Crippen molar-refractivity contribution < 1.29 is 4.79 Å². The van der Waals surface area contributed by atoms with E-state index in [9.17, 15) is 4.79 Å². The van der Waals surface area contributed by atoms with Crippen LogP contribution in [0.2, 0.25) is 0 Å². The first kappa shape index (κ1) is 24.2. The average molecular weight is 489 g/mol. The zero-order chi connectivity index (χ0) is 25.7. The predicted octanol–water partition coefficient (Wildman–Crippen LogP) is 3.96. The third-order valence-electron chi connectivity index (χ3n) is 7.40. The molecule has 1 aliphatic heterocycles. The minimum atomic E-state index is 0.195. The number of carbonyl (C=O) groups is 1. The van der Waals surface area contributed by atoms with E-state index in [1.165, 1.54) is 11.1 Å². The number of carbonyl (C=O) groups excluding carboxylic acids is 1. The molecule has 1 aliphatic rings. The molecule has 0 aliphatic carbocycles. The molecule has 0 unspecified atom stereocenters. The van der Waals surface area contributed by atoms with E-state index in [1.54, 1.807) is 6.33 Å². The highest BCUT2D eigenvalue weighted by molar-refractivity contribution is 5.90. The van der Waals surface area contributed by atoms with Crippen LogP contribution in [0.1, 0.15) is 49.8 Å². The second-order valence-electron chi connectivity index (χ2n) is 10.6. The van der Waals surface area contributed by atoms with E-state index in [1.807, 2.05) is 28.4 Å². The van der Waals surface area contributed by atoms with E-state index in [4.69, 9.17) is 4.98 Å². The molecule has 1 amide bonds. The number of amides is 1. The van der Waals surface area contributed by atoms with Crippen LogP contribution in [0.25, 0.3) is 27.9 Å². The summed E-state index contributed by atoms with van der Waals surface area (Å²) in [4.78, 5) is 32.2. The van der Waals surface area contributed by atoms with E-state index in [0.29, 0.717) is 13.1 Å². The lowest BCUT2D eigenvalue weighted by molar-refractivity contribution is -0.130. The van der Waals surface area contributed by atoms with Gasteiger partial charge in [0.05, 0.1) is 23.4 Å². The number of aromatic nitrogens is 5. The number of nitrogens with one attached hydrogen (secondary N) is 1. The first-order valence-electron chi connectivity index (χ1n) is 12.7. The maximum atomic E-state index is 12.8. The van der Waals surface area contributed by atoms with Crippen LogP contribution in [-0.2, 0) is 4.79 Å². The van der Waals surface area contributed by atoms with Crippen LogP contribution in [0.5, 0.6) is 0 Å². The molecular weight excluding hydrogens is 452 g/mol. The van der Waals surface area contributed by atoms with Crippen molar-refractivity contribution >= 4 is 28.4 Å². The molecule has 36 heavy (non-hydrogen) atoms. The number of aryl methyl sites for hydroxylation is 1. The molecule has 1 saturated heterocycles. The molecule has 1 N–H and O–H groups in total. The second-order valence-corrected chi connectivity index (χ2v) is 10.6. The Morgan fingerprint density at radius 2 is 2.00 bits per heavy atom. The monoisotopic (exact) mass is 488 g/mol. The largest absolute Gasteiger partial charge is 0.353 e. The molecule has 0 radical (unpaired) electrons. The number of hydrogen-bond donors (Lipinski definition) is 1. The third kappa shape index (κ3) is 4.11. The van der Waals surface area contributed by atoms with Crippen molar-refractivity contribution in [1.82, 2.24) is 34.4 Å². The summed E-state index contributed by atoms with van der Waals surface area (Å²) in [6, 6.07) is 4.39. The highest BCUT2D eigenvalue weighted by atomic mass is 16.2. The maximum absolute atomic E-state index is 12.8. The molecule has 1 atom stereocenters. The van der Waals surface area contributed by atoms with E-state index in [2.05, 4.69) is 72.9 Å². The standard InChI is InChI=1S/C27H36N8O/c1-16(2)24-25(20-13-35-27(28-14-29-35)19(5)18(20)4)30-21-8-9-22(31-26(21)24)34-15-33(12-17(34)3)23(36)10-11-32(6)7/h8-9,13-14,16-17,30H,10-12,15H2,1-7H3/t17-/m0/s1. The Morgan fingerprint density at radius 1 is 1.22 bits per heavy atom. The lowest BCUT2D eigenvalue weighted by Crippen LogP contribution is -2.33. The SMILES string of the molecule is Cc1c(-c2[nH]c3ccc(N4CN(C(=O)CCN(C)C)C[C@@H]4C)nc3c2C(C)C)cn2ncnc2c1C. The van der Waals surface area contributed by atoms with Gasteiger partial charge in [-0.25, -0.2) is 14.5 Å². The van der Waals surface area contributed by atoms with Crippen LogP contribution in [0.3, 0.4) is 0 Å². The van der Waals surface area contributed by atoms with Gasteiger partial charge in [0.2, 0.25) is 5.91 Å². The molecule has 190 valence electrons. The topological polar surface area (TPSA) is 85.7 Å². The first-order valence-corrected chi connectivity index (χ1v) is 12.7. The van der Waals surface area contributed by atoms with Crippen LogP contribution >= 0.6 is 0 Å². The maximum Gasteiger partial charge on any atom is 0.225 e. The number of anilines is 1. The van der Waals surface area contributed by atoms with E-state index < -0.39 is 0 Å². The van der Waals surface area contributed by atoms with Gasteiger partial charge in [-0.1, -0.05) is 13.8 Å². The average Bonchev–Trinajstić information content (AvgIpc) is 3.55. The summed E-state index contributed by atoms with van der Waals surface area (Å²) >= 11 is 0. The van der Waals surface area contributed by atoms with Gasteiger partial charge >= 0.3 is 0 Å². The van der Waals surface area contributed by atoms with Crippen LogP contribution in [-0.4, -0.2) is 80.2 Å². The highest BCUT2D eigenvalue weighted by Gasteiger charge is 2.31. The molecule has 0 bridgehead atoms. The Balaban J connectivity index is 1.53. The van der Waals surface area contributed by atoms with Crippen LogP contribution in [0.4, 0.5) is 5.82 Å². The van der Waals surface area contributed by atoms with Crippen molar-refractivity contribution in [3.8, 4) is 11.3 Å². The summed E-state index contributed by atoms with van der Waals surface area (Å²) in [5.74, 6) is 1.37. The Bertz CT molecular complexity index is 1430. The summed E-state index contributed by atoms with van der Waals surface area (Å²) in [5, 5.41) is 4.39. The van der Waals surface area contributed by atoms with Gasteiger partial charge in [0.1, 0.15) is 12.1 Å². The van der Waals surface area contributed by atoms with Crippen molar-refractivity contribution in [3.05, 3.63) is 41.3 Å². The minimum Gasteiger partial charge on any atom is -0.353 e. The van der Waals surface area contributed by atoms with Gasteiger partial charge in [-0.05, 0) is 64.0 Å². The minimum absolute atomic E-state index is 0.195. The summed E-state index contributed by atoms with van der Waals surface area (Å²) < 4.78 is 1.85. The van der Waals surface area contributed by atoms with Crippen LogP contribution in [0, 0.1) is 13.8 Å². The Morgan fingerprint density at radius 3 is 2.72 bits per heavy atom.